The number of phenolic OH excluding ortho intramolecular Hbond substituents is 1. The monoisotopic (exact) mass is 466 g/mol. The van der Waals surface area contributed by atoms with E-state index in [0.717, 1.165) is 33.6 Å². The highest BCUT2D eigenvalue weighted by atomic mass is 16.5. The molecule has 0 bridgehead atoms. The summed E-state index contributed by atoms with van der Waals surface area (Å²) in [6, 6.07) is 23.7. The summed E-state index contributed by atoms with van der Waals surface area (Å²) in [4.78, 5) is 12.7. The zero-order valence-electron chi connectivity index (χ0n) is 19.9. The third-order valence-corrected chi connectivity index (χ3v) is 6.93. The van der Waals surface area contributed by atoms with Gasteiger partial charge in [-0.1, -0.05) is 60.7 Å². The van der Waals surface area contributed by atoms with Gasteiger partial charge in [0.15, 0.2) is 0 Å². The fourth-order valence-electron chi connectivity index (χ4n) is 5.10. The Kier molecular flexibility index (Phi) is 5.69. The maximum absolute atomic E-state index is 12.7. The maximum atomic E-state index is 12.7. The topological polar surface area (TPSA) is 65.0 Å². The van der Waals surface area contributed by atoms with Crippen LogP contribution < -0.4 is 9.47 Å². The normalized spacial score (nSPS) is 13.8. The molecule has 5 rings (SSSR count). The molecule has 176 valence electrons. The number of ether oxygens (including phenoxy) is 3. The zero-order valence-corrected chi connectivity index (χ0v) is 19.9. The van der Waals surface area contributed by atoms with E-state index in [9.17, 15) is 9.90 Å². The number of esters is 1. The lowest BCUT2D eigenvalue weighted by Gasteiger charge is -2.37. The number of benzene rings is 4. The van der Waals surface area contributed by atoms with Gasteiger partial charge in [-0.25, -0.2) is 4.79 Å². The molecule has 1 aliphatic carbocycles. The Morgan fingerprint density at radius 2 is 1.34 bits per heavy atom. The summed E-state index contributed by atoms with van der Waals surface area (Å²) in [6.07, 6.45) is 4.63. The zero-order chi connectivity index (χ0) is 24.6. The lowest BCUT2D eigenvalue weighted by molar-refractivity contribution is 0.0597. The molecule has 0 atom stereocenters. The number of fused-ring (bicyclic) bond motifs is 3. The van der Waals surface area contributed by atoms with E-state index in [2.05, 4.69) is 30.3 Å². The van der Waals surface area contributed by atoms with Crippen molar-refractivity contribution in [2.45, 2.75) is 11.8 Å². The standard InChI is InChI=1S/C30H26O5/c1-33-21-12-8-19(9-13-21)30(20-10-14-22(34-2)15-11-20)17-16-24-26(18-30)23-6-4-5-7-25(23)28(31)27(24)29(32)35-3/h4-17,31H,18H2,1-3H3. The second kappa shape index (κ2) is 8.84. The van der Waals surface area contributed by atoms with Crippen molar-refractivity contribution in [3.63, 3.8) is 0 Å². The quantitative estimate of drug-likeness (QED) is 0.371. The van der Waals surface area contributed by atoms with Gasteiger partial charge >= 0.3 is 5.97 Å². The summed E-state index contributed by atoms with van der Waals surface area (Å²) >= 11 is 0. The van der Waals surface area contributed by atoms with E-state index in [1.165, 1.54) is 7.11 Å². The molecule has 35 heavy (non-hydrogen) atoms. The van der Waals surface area contributed by atoms with Crippen molar-refractivity contribution in [3.05, 3.63) is 107 Å². The number of carbonyl (C=O) groups is 1. The molecule has 0 amide bonds. The van der Waals surface area contributed by atoms with Crippen molar-refractivity contribution in [3.8, 4) is 17.2 Å². The molecule has 5 heteroatoms. The molecular weight excluding hydrogens is 440 g/mol. The maximum Gasteiger partial charge on any atom is 0.342 e. The van der Waals surface area contributed by atoms with E-state index in [0.29, 0.717) is 17.4 Å². The Morgan fingerprint density at radius 1 is 0.800 bits per heavy atom. The fraction of sp³-hybridized carbons (Fsp3) is 0.167. The van der Waals surface area contributed by atoms with E-state index in [1.807, 2.05) is 54.6 Å². The molecular formula is C30H26O5. The summed E-state index contributed by atoms with van der Waals surface area (Å²) in [5, 5.41) is 12.6. The lowest BCUT2D eigenvalue weighted by atomic mass is 9.66. The molecule has 0 heterocycles. The Labute approximate surface area is 204 Å². The minimum absolute atomic E-state index is 0.0581. The number of hydrogen-bond acceptors (Lipinski definition) is 5. The highest BCUT2D eigenvalue weighted by Crippen LogP contribution is 2.47. The first-order valence-corrected chi connectivity index (χ1v) is 11.4. The number of hydrogen-bond donors (Lipinski definition) is 1. The molecule has 0 radical (unpaired) electrons. The summed E-state index contributed by atoms with van der Waals surface area (Å²) in [7, 11) is 4.63. The summed E-state index contributed by atoms with van der Waals surface area (Å²) in [5.41, 5.74) is 3.51. The predicted octanol–water partition coefficient (Wildman–Crippen LogP) is 5.90. The van der Waals surface area contributed by atoms with Crippen LogP contribution in [0.3, 0.4) is 0 Å². The van der Waals surface area contributed by atoms with E-state index in [-0.39, 0.29) is 11.3 Å². The van der Waals surface area contributed by atoms with Crippen LogP contribution in [0.2, 0.25) is 0 Å². The summed E-state index contributed by atoms with van der Waals surface area (Å²) in [5.74, 6) is 0.942. The van der Waals surface area contributed by atoms with Crippen molar-refractivity contribution in [2.24, 2.45) is 0 Å². The van der Waals surface area contributed by atoms with Gasteiger partial charge < -0.3 is 19.3 Å². The largest absolute Gasteiger partial charge is 0.506 e. The second-order valence-corrected chi connectivity index (χ2v) is 8.59. The van der Waals surface area contributed by atoms with Crippen molar-refractivity contribution < 1.29 is 24.1 Å². The number of allylic oxidation sites excluding steroid dienone is 1. The molecule has 0 unspecified atom stereocenters. The van der Waals surface area contributed by atoms with E-state index >= 15 is 0 Å². The molecule has 0 saturated heterocycles. The Hall–Kier alpha value is -4.25. The Bertz CT molecular complexity index is 1390. The van der Waals surface area contributed by atoms with Crippen molar-refractivity contribution in [2.75, 3.05) is 21.3 Å². The summed E-state index contributed by atoms with van der Waals surface area (Å²) < 4.78 is 15.8. The van der Waals surface area contributed by atoms with Gasteiger partial charge in [0.05, 0.1) is 21.3 Å². The van der Waals surface area contributed by atoms with Crippen molar-refractivity contribution in [1.29, 1.82) is 0 Å². The Morgan fingerprint density at radius 3 is 1.86 bits per heavy atom. The first-order valence-electron chi connectivity index (χ1n) is 11.4. The highest BCUT2D eigenvalue weighted by Gasteiger charge is 2.38. The van der Waals surface area contributed by atoms with Crippen LogP contribution in [0.5, 0.6) is 17.2 Å². The SMILES string of the molecule is COC(=O)c1c2c(c3ccccc3c1O)CC(c1ccc(OC)cc1)(c1ccc(OC)cc1)C=C2. The second-order valence-electron chi connectivity index (χ2n) is 8.59. The highest BCUT2D eigenvalue weighted by molar-refractivity contribution is 6.07. The molecule has 5 nitrogen and oxygen atoms in total. The van der Waals surface area contributed by atoms with Crippen molar-refractivity contribution >= 4 is 22.8 Å². The van der Waals surface area contributed by atoms with Crippen LogP contribution in [0.1, 0.15) is 32.6 Å². The van der Waals surface area contributed by atoms with Crippen LogP contribution in [0.25, 0.3) is 16.8 Å². The fourth-order valence-corrected chi connectivity index (χ4v) is 5.10. The summed E-state index contributed by atoms with van der Waals surface area (Å²) in [6.45, 7) is 0. The molecule has 1 N–H and O–H groups in total. The third kappa shape index (κ3) is 3.60. The first kappa shape index (κ1) is 22.5. The molecule has 0 aromatic heterocycles. The first-order chi connectivity index (χ1) is 17.0. The number of aromatic hydroxyl groups is 1. The van der Waals surface area contributed by atoms with Crippen LogP contribution in [-0.4, -0.2) is 32.4 Å². The minimum atomic E-state index is -0.560. The van der Waals surface area contributed by atoms with E-state index in [4.69, 9.17) is 14.2 Å². The number of methoxy groups -OCH3 is 3. The molecule has 4 aromatic rings. The molecule has 4 aromatic carbocycles. The van der Waals surface area contributed by atoms with Crippen LogP contribution in [0.15, 0.2) is 78.9 Å². The van der Waals surface area contributed by atoms with Crippen LogP contribution in [0, 0.1) is 0 Å². The van der Waals surface area contributed by atoms with Gasteiger partial charge in [-0.15, -0.1) is 0 Å². The van der Waals surface area contributed by atoms with Gasteiger partial charge in [-0.3, -0.25) is 0 Å². The van der Waals surface area contributed by atoms with Gasteiger partial charge in [0.2, 0.25) is 0 Å². The van der Waals surface area contributed by atoms with Gasteiger partial charge in [0, 0.05) is 10.8 Å². The number of carbonyl (C=O) groups excluding carboxylic acids is 1. The minimum Gasteiger partial charge on any atom is -0.506 e. The lowest BCUT2D eigenvalue weighted by Crippen LogP contribution is -2.31. The average Bonchev–Trinajstić information content (AvgIpc) is 2.93. The Balaban J connectivity index is 1.80. The van der Waals surface area contributed by atoms with Crippen LogP contribution >= 0.6 is 0 Å². The molecule has 0 aliphatic heterocycles. The molecule has 0 spiro atoms. The smallest absolute Gasteiger partial charge is 0.342 e. The molecule has 0 saturated carbocycles. The number of rotatable bonds is 5. The van der Waals surface area contributed by atoms with Gasteiger partial charge in [-0.2, -0.15) is 0 Å². The predicted molar refractivity (Wildman–Crippen MR) is 136 cm³/mol. The van der Waals surface area contributed by atoms with Gasteiger partial charge in [0.25, 0.3) is 0 Å². The van der Waals surface area contributed by atoms with Gasteiger partial charge in [0.1, 0.15) is 22.8 Å². The molecule has 0 fully saturated rings. The van der Waals surface area contributed by atoms with Crippen LogP contribution in [0.4, 0.5) is 0 Å². The number of phenols is 1. The van der Waals surface area contributed by atoms with E-state index < -0.39 is 11.4 Å². The van der Waals surface area contributed by atoms with Crippen molar-refractivity contribution in [1.82, 2.24) is 0 Å². The molecule has 1 aliphatic rings. The van der Waals surface area contributed by atoms with E-state index in [1.54, 1.807) is 14.2 Å². The average molecular weight is 467 g/mol. The van der Waals surface area contributed by atoms with Gasteiger partial charge in [-0.05, 0) is 58.3 Å². The van der Waals surface area contributed by atoms with Crippen LogP contribution in [-0.2, 0) is 16.6 Å². The third-order valence-electron chi connectivity index (χ3n) is 6.93.